The lowest BCUT2D eigenvalue weighted by atomic mass is 10.3. The maximum Gasteiger partial charge on any atom is 0.0948 e. The van der Waals surface area contributed by atoms with E-state index in [1.54, 1.807) is 0 Å². The van der Waals surface area contributed by atoms with E-state index in [0.717, 1.165) is 24.9 Å². The average Bonchev–Trinajstić information content (AvgIpc) is 2.62. The Hall–Kier alpha value is -0.830. The van der Waals surface area contributed by atoms with E-state index in [0.29, 0.717) is 0 Å². The van der Waals surface area contributed by atoms with Crippen molar-refractivity contribution in [1.29, 1.82) is 0 Å². The van der Waals surface area contributed by atoms with Gasteiger partial charge in [0.1, 0.15) is 0 Å². The fourth-order valence-corrected chi connectivity index (χ4v) is 1.75. The first-order valence-corrected chi connectivity index (χ1v) is 4.95. The highest BCUT2D eigenvalue weighted by atomic mass is 15.1. The molecule has 0 saturated heterocycles. The Bertz CT molecular complexity index is 279. The molecule has 0 aliphatic heterocycles. The van der Waals surface area contributed by atoms with Gasteiger partial charge >= 0.3 is 0 Å². The number of hydrogen-bond donors (Lipinski definition) is 1. The second kappa shape index (κ2) is 3.50. The van der Waals surface area contributed by atoms with Crippen molar-refractivity contribution in [2.75, 3.05) is 7.05 Å². The number of imidazole rings is 1. The molecule has 1 aromatic heterocycles. The van der Waals surface area contributed by atoms with Crippen molar-refractivity contribution in [2.24, 2.45) is 11.8 Å². The third-order valence-corrected chi connectivity index (χ3v) is 2.86. The van der Waals surface area contributed by atoms with Gasteiger partial charge in [0.15, 0.2) is 0 Å². The normalized spacial score (nSPS) is 26.3. The first-order valence-electron chi connectivity index (χ1n) is 4.95. The van der Waals surface area contributed by atoms with Crippen LogP contribution in [-0.4, -0.2) is 16.6 Å². The summed E-state index contributed by atoms with van der Waals surface area (Å²) >= 11 is 0. The van der Waals surface area contributed by atoms with Crippen LogP contribution >= 0.6 is 0 Å². The van der Waals surface area contributed by atoms with Gasteiger partial charge in [0, 0.05) is 19.3 Å². The predicted octanol–water partition coefficient (Wildman–Crippen LogP) is 1.26. The first-order chi connectivity index (χ1) is 6.31. The molecule has 2 rings (SSSR count). The molecule has 3 heteroatoms. The van der Waals surface area contributed by atoms with Crippen molar-refractivity contribution >= 4 is 0 Å². The zero-order valence-corrected chi connectivity index (χ0v) is 8.33. The van der Waals surface area contributed by atoms with Gasteiger partial charge in [0.05, 0.1) is 12.0 Å². The molecule has 1 fully saturated rings. The zero-order chi connectivity index (χ0) is 9.26. The summed E-state index contributed by atoms with van der Waals surface area (Å²) in [7, 11) is 1.97. The van der Waals surface area contributed by atoms with Crippen LogP contribution in [-0.2, 0) is 13.1 Å². The van der Waals surface area contributed by atoms with E-state index in [2.05, 4.69) is 21.8 Å². The molecule has 1 saturated carbocycles. The predicted molar refractivity (Wildman–Crippen MR) is 52.3 cm³/mol. The largest absolute Gasteiger partial charge is 0.333 e. The van der Waals surface area contributed by atoms with Crippen molar-refractivity contribution in [1.82, 2.24) is 14.9 Å². The smallest absolute Gasteiger partial charge is 0.0948 e. The SMILES string of the molecule is CNCc1cncn1CC1CC1C. The number of nitrogens with one attached hydrogen (secondary N) is 1. The molecule has 1 N–H and O–H groups in total. The van der Waals surface area contributed by atoms with E-state index in [9.17, 15) is 0 Å². The lowest BCUT2D eigenvalue weighted by molar-refractivity contribution is 0.564. The summed E-state index contributed by atoms with van der Waals surface area (Å²) in [6.45, 7) is 4.39. The summed E-state index contributed by atoms with van der Waals surface area (Å²) < 4.78 is 2.27. The Labute approximate surface area is 79.2 Å². The molecular formula is C10H17N3. The summed E-state index contributed by atoms with van der Waals surface area (Å²) in [5.41, 5.74) is 1.29. The Kier molecular flexibility index (Phi) is 2.36. The minimum absolute atomic E-state index is 0.893. The summed E-state index contributed by atoms with van der Waals surface area (Å²) in [5, 5.41) is 3.15. The van der Waals surface area contributed by atoms with E-state index in [-0.39, 0.29) is 0 Å². The Morgan fingerprint density at radius 2 is 2.46 bits per heavy atom. The molecule has 2 unspecified atom stereocenters. The molecule has 1 aromatic rings. The van der Waals surface area contributed by atoms with Gasteiger partial charge in [-0.3, -0.25) is 0 Å². The van der Waals surface area contributed by atoms with Crippen LogP contribution < -0.4 is 5.32 Å². The van der Waals surface area contributed by atoms with Gasteiger partial charge in [-0.2, -0.15) is 0 Å². The third kappa shape index (κ3) is 1.91. The van der Waals surface area contributed by atoms with Crippen LogP contribution in [0.25, 0.3) is 0 Å². The van der Waals surface area contributed by atoms with Crippen LogP contribution in [0.2, 0.25) is 0 Å². The van der Waals surface area contributed by atoms with E-state index >= 15 is 0 Å². The summed E-state index contributed by atoms with van der Waals surface area (Å²) in [6, 6.07) is 0. The van der Waals surface area contributed by atoms with Gasteiger partial charge < -0.3 is 9.88 Å². The van der Waals surface area contributed by atoms with Crippen molar-refractivity contribution in [3.63, 3.8) is 0 Å². The molecular weight excluding hydrogens is 162 g/mol. The van der Waals surface area contributed by atoms with Crippen molar-refractivity contribution < 1.29 is 0 Å². The highest BCUT2D eigenvalue weighted by Gasteiger charge is 2.32. The van der Waals surface area contributed by atoms with Gasteiger partial charge in [-0.25, -0.2) is 4.98 Å². The summed E-state index contributed by atoms with van der Waals surface area (Å²) in [4.78, 5) is 4.17. The second-order valence-corrected chi connectivity index (χ2v) is 4.04. The lowest BCUT2D eigenvalue weighted by Crippen LogP contribution is -2.11. The second-order valence-electron chi connectivity index (χ2n) is 4.04. The Balaban J connectivity index is 1.98. The van der Waals surface area contributed by atoms with E-state index in [1.165, 1.54) is 12.1 Å². The molecule has 1 aliphatic carbocycles. The van der Waals surface area contributed by atoms with Gasteiger partial charge in [0.2, 0.25) is 0 Å². The minimum Gasteiger partial charge on any atom is -0.333 e. The minimum atomic E-state index is 0.893. The molecule has 1 heterocycles. The van der Waals surface area contributed by atoms with Crippen molar-refractivity contribution in [3.05, 3.63) is 18.2 Å². The molecule has 0 amide bonds. The quantitative estimate of drug-likeness (QED) is 0.754. The lowest BCUT2D eigenvalue weighted by Gasteiger charge is -2.06. The van der Waals surface area contributed by atoms with Crippen LogP contribution in [0.3, 0.4) is 0 Å². The molecule has 0 spiro atoms. The average molecular weight is 179 g/mol. The van der Waals surface area contributed by atoms with Crippen LogP contribution in [0.5, 0.6) is 0 Å². The van der Waals surface area contributed by atoms with Crippen LogP contribution in [0.1, 0.15) is 19.0 Å². The topological polar surface area (TPSA) is 29.9 Å². The maximum atomic E-state index is 4.17. The van der Waals surface area contributed by atoms with Crippen molar-refractivity contribution in [3.8, 4) is 0 Å². The van der Waals surface area contributed by atoms with E-state index in [4.69, 9.17) is 0 Å². The molecule has 1 aliphatic rings. The van der Waals surface area contributed by atoms with Crippen molar-refractivity contribution in [2.45, 2.75) is 26.4 Å². The molecule has 72 valence electrons. The summed E-state index contributed by atoms with van der Waals surface area (Å²) in [5.74, 6) is 1.81. The number of rotatable bonds is 4. The summed E-state index contributed by atoms with van der Waals surface area (Å²) in [6.07, 6.45) is 5.28. The van der Waals surface area contributed by atoms with Crippen LogP contribution in [0.15, 0.2) is 12.5 Å². The molecule has 13 heavy (non-hydrogen) atoms. The highest BCUT2D eigenvalue weighted by molar-refractivity contribution is 4.99. The third-order valence-electron chi connectivity index (χ3n) is 2.86. The number of nitrogens with zero attached hydrogens (tertiary/aromatic N) is 2. The van der Waals surface area contributed by atoms with Gasteiger partial charge in [0.25, 0.3) is 0 Å². The van der Waals surface area contributed by atoms with Gasteiger partial charge in [-0.15, -0.1) is 0 Å². The fourth-order valence-electron chi connectivity index (χ4n) is 1.75. The van der Waals surface area contributed by atoms with Crippen LogP contribution in [0, 0.1) is 11.8 Å². The molecule has 0 radical (unpaired) electrons. The van der Waals surface area contributed by atoms with Gasteiger partial charge in [-0.1, -0.05) is 6.92 Å². The Morgan fingerprint density at radius 1 is 1.69 bits per heavy atom. The van der Waals surface area contributed by atoms with Crippen LogP contribution in [0.4, 0.5) is 0 Å². The van der Waals surface area contributed by atoms with E-state index < -0.39 is 0 Å². The number of aromatic nitrogens is 2. The highest BCUT2D eigenvalue weighted by Crippen LogP contribution is 2.39. The molecule has 0 aromatic carbocycles. The standard InChI is InChI=1S/C10H17N3/c1-8-3-9(8)6-13-7-12-5-10(13)4-11-2/h5,7-9,11H,3-4,6H2,1-2H3. The number of hydrogen-bond acceptors (Lipinski definition) is 2. The maximum absolute atomic E-state index is 4.17. The molecule has 0 bridgehead atoms. The zero-order valence-electron chi connectivity index (χ0n) is 8.33. The monoisotopic (exact) mass is 179 g/mol. The molecule has 3 nitrogen and oxygen atoms in total. The first kappa shape index (κ1) is 8.75. The fraction of sp³-hybridized carbons (Fsp3) is 0.700. The van der Waals surface area contributed by atoms with E-state index in [1.807, 2.05) is 19.6 Å². The Morgan fingerprint density at radius 3 is 3.08 bits per heavy atom. The van der Waals surface area contributed by atoms with Gasteiger partial charge in [-0.05, 0) is 25.3 Å². The molecule has 2 atom stereocenters.